The van der Waals surface area contributed by atoms with Gasteiger partial charge in [-0.1, -0.05) is 44.2 Å². The summed E-state index contributed by atoms with van der Waals surface area (Å²) in [6.45, 7) is 5.38. The number of ketones is 1. The first kappa shape index (κ1) is 32.7. The number of nitrogens with one attached hydrogen (secondary N) is 1. The van der Waals surface area contributed by atoms with Gasteiger partial charge in [0.25, 0.3) is 17.0 Å². The number of aromatic nitrogens is 2. The third kappa shape index (κ3) is 9.09. The van der Waals surface area contributed by atoms with Gasteiger partial charge in [0.05, 0.1) is 7.11 Å². The Balaban J connectivity index is 1.86. The van der Waals surface area contributed by atoms with E-state index in [9.17, 15) is 14.4 Å². The van der Waals surface area contributed by atoms with E-state index < -0.39 is 17.5 Å². The monoisotopic (exact) mass is 588 g/mol. The Morgan fingerprint density at radius 3 is 2.39 bits per heavy atom. The van der Waals surface area contributed by atoms with E-state index >= 15 is 0 Å². The van der Waals surface area contributed by atoms with Crippen molar-refractivity contribution in [1.82, 2.24) is 30.4 Å². The first-order valence-electron chi connectivity index (χ1n) is 14.1. The lowest BCUT2D eigenvalue weighted by atomic mass is 9.84. The number of thioether (sulfide) groups is 1. The predicted octanol–water partition coefficient (Wildman–Crippen LogP) is 3.86. The van der Waals surface area contributed by atoms with E-state index in [2.05, 4.69) is 15.5 Å². The van der Waals surface area contributed by atoms with Crippen LogP contribution in [0.1, 0.15) is 79.0 Å². The lowest BCUT2D eigenvalue weighted by molar-refractivity contribution is -0.129. The fraction of sp³-hybridized carbons (Fsp3) is 0.621. The molecule has 0 bridgehead atoms. The summed E-state index contributed by atoms with van der Waals surface area (Å²) < 4.78 is 5.73. The Morgan fingerprint density at radius 2 is 1.80 bits per heavy atom. The Morgan fingerprint density at radius 1 is 1.12 bits per heavy atom. The van der Waals surface area contributed by atoms with Crippen LogP contribution < -0.4 is 5.32 Å². The fourth-order valence-corrected chi connectivity index (χ4v) is 5.91. The molecular formula is C29H44N6O5S. The minimum atomic E-state index is -1.01. The molecule has 1 saturated carbocycles. The zero-order valence-corrected chi connectivity index (χ0v) is 25.9. The van der Waals surface area contributed by atoms with Crippen molar-refractivity contribution in [1.29, 1.82) is 0 Å². The Hall–Kier alpha value is -2.80. The molecule has 2 amide bonds. The summed E-state index contributed by atoms with van der Waals surface area (Å²) in [5.74, 6) is 0.000906. The number of carbonyl (C=O) groups is 3. The van der Waals surface area contributed by atoms with Crippen LogP contribution in [0.3, 0.4) is 0 Å². The highest BCUT2D eigenvalue weighted by atomic mass is 32.2. The zero-order chi connectivity index (χ0) is 30.0. The number of rotatable bonds is 16. The van der Waals surface area contributed by atoms with Crippen LogP contribution in [0.5, 0.6) is 0 Å². The first-order valence-corrected chi connectivity index (χ1v) is 15.1. The lowest BCUT2D eigenvalue weighted by Crippen LogP contribution is -2.65. The molecule has 226 valence electrons. The van der Waals surface area contributed by atoms with Crippen molar-refractivity contribution in [3.8, 4) is 0 Å². The minimum absolute atomic E-state index is 0.0948. The summed E-state index contributed by atoms with van der Waals surface area (Å²) in [7, 11) is 7.38. The van der Waals surface area contributed by atoms with Crippen molar-refractivity contribution >= 4 is 29.9 Å². The second-order valence-electron chi connectivity index (χ2n) is 11.3. The topological polar surface area (TPSA) is 121 Å². The standard InChI is InChI=1S/C29H44N6O5S/c1-21(2)18-24(25(37)27-31-32-28(40-27)41-17-16-33(3)4)35(20-36)29(14-8-7-9-15-29)30-26(38)23-12-10-22(11-13-23)19-34(5)39-6/h10-13,20-21,24H,7-9,14-19H2,1-6H3,(H,30,38). The number of benzene rings is 1. The Bertz CT molecular complexity index is 1130. The molecule has 41 heavy (non-hydrogen) atoms. The van der Waals surface area contributed by atoms with Gasteiger partial charge in [0, 0.05) is 31.5 Å². The van der Waals surface area contributed by atoms with E-state index in [4.69, 9.17) is 9.25 Å². The normalized spacial score (nSPS) is 15.7. The number of nitrogens with zero attached hydrogens (tertiary/aromatic N) is 5. The third-order valence-electron chi connectivity index (χ3n) is 7.28. The molecule has 1 aliphatic rings. The average molecular weight is 589 g/mol. The van der Waals surface area contributed by atoms with Crippen LogP contribution in [0.25, 0.3) is 0 Å². The van der Waals surface area contributed by atoms with Gasteiger partial charge in [0.1, 0.15) is 11.7 Å². The fourth-order valence-electron chi connectivity index (χ4n) is 5.04. The summed E-state index contributed by atoms with van der Waals surface area (Å²) in [4.78, 5) is 48.9. The van der Waals surface area contributed by atoms with Crippen LogP contribution in [-0.2, 0) is 16.2 Å². The molecule has 1 aromatic heterocycles. The Kier molecular flexibility index (Phi) is 12.3. The van der Waals surface area contributed by atoms with E-state index in [0.29, 0.717) is 43.0 Å². The van der Waals surface area contributed by atoms with Gasteiger partial charge in [0.2, 0.25) is 12.2 Å². The molecule has 1 aromatic carbocycles. The van der Waals surface area contributed by atoms with E-state index in [1.165, 1.54) is 16.7 Å². The number of hydrogen-bond acceptors (Lipinski definition) is 10. The summed E-state index contributed by atoms with van der Waals surface area (Å²) in [5, 5.41) is 13.2. The van der Waals surface area contributed by atoms with E-state index in [0.717, 1.165) is 37.1 Å². The van der Waals surface area contributed by atoms with Gasteiger partial charge in [-0.25, -0.2) is 0 Å². The maximum Gasteiger partial charge on any atom is 0.286 e. The SMILES string of the molecule is CON(C)Cc1ccc(C(=O)NC2(N(C=O)C(CC(C)C)C(=O)c3nnc(SCCN(C)C)o3)CCCCC2)cc1. The minimum Gasteiger partial charge on any atom is -0.408 e. The quantitative estimate of drug-likeness (QED) is 0.102. The molecule has 0 aliphatic heterocycles. The van der Waals surface area contributed by atoms with Crippen LogP contribution >= 0.6 is 11.8 Å². The molecule has 1 unspecified atom stereocenters. The molecule has 0 spiro atoms. The van der Waals surface area contributed by atoms with Gasteiger partial charge in [0.15, 0.2) is 0 Å². The van der Waals surface area contributed by atoms with Gasteiger partial charge < -0.3 is 24.4 Å². The van der Waals surface area contributed by atoms with Crippen molar-refractivity contribution in [2.24, 2.45) is 5.92 Å². The lowest BCUT2D eigenvalue weighted by Gasteiger charge is -2.48. The van der Waals surface area contributed by atoms with Gasteiger partial charge in [-0.2, -0.15) is 5.06 Å². The summed E-state index contributed by atoms with van der Waals surface area (Å²) in [5.41, 5.74) is 0.465. The van der Waals surface area contributed by atoms with Gasteiger partial charge in [-0.15, -0.1) is 10.2 Å². The van der Waals surface area contributed by atoms with Crippen molar-refractivity contribution < 1.29 is 23.6 Å². The van der Waals surface area contributed by atoms with Crippen molar-refractivity contribution in [2.75, 3.05) is 40.6 Å². The summed E-state index contributed by atoms with van der Waals surface area (Å²) in [6.07, 6.45) is 4.82. The van der Waals surface area contributed by atoms with E-state index in [1.54, 1.807) is 24.3 Å². The molecular weight excluding hydrogens is 544 g/mol. The zero-order valence-electron chi connectivity index (χ0n) is 25.1. The highest BCUT2D eigenvalue weighted by Crippen LogP contribution is 2.35. The van der Waals surface area contributed by atoms with E-state index in [-0.39, 0.29) is 17.7 Å². The largest absolute Gasteiger partial charge is 0.408 e. The molecule has 11 nitrogen and oxygen atoms in total. The number of Topliss-reactive ketones (excluding diaryl/α,β-unsaturated/α-hetero) is 1. The summed E-state index contributed by atoms with van der Waals surface area (Å²) >= 11 is 1.38. The molecule has 0 radical (unpaired) electrons. The van der Waals surface area contributed by atoms with Crippen molar-refractivity contribution in [3.05, 3.63) is 41.3 Å². The van der Waals surface area contributed by atoms with Gasteiger partial charge in [-0.05, 0) is 69.8 Å². The average Bonchev–Trinajstić information content (AvgIpc) is 3.41. The maximum absolute atomic E-state index is 13.8. The smallest absolute Gasteiger partial charge is 0.286 e. The van der Waals surface area contributed by atoms with Crippen LogP contribution in [-0.4, -0.2) is 95.4 Å². The van der Waals surface area contributed by atoms with Crippen molar-refractivity contribution in [2.45, 2.75) is 75.8 Å². The second kappa shape index (κ2) is 15.4. The molecule has 1 atom stereocenters. The van der Waals surface area contributed by atoms with Crippen LogP contribution in [0.4, 0.5) is 0 Å². The van der Waals surface area contributed by atoms with Crippen molar-refractivity contribution in [3.63, 3.8) is 0 Å². The highest BCUT2D eigenvalue weighted by Gasteiger charge is 2.45. The molecule has 2 aromatic rings. The third-order valence-corrected chi connectivity index (χ3v) is 8.08. The predicted molar refractivity (Wildman–Crippen MR) is 157 cm³/mol. The number of carbonyl (C=O) groups excluding carboxylic acids is 3. The van der Waals surface area contributed by atoms with E-state index in [1.807, 2.05) is 52.0 Å². The molecule has 0 saturated heterocycles. The maximum atomic E-state index is 13.8. The highest BCUT2D eigenvalue weighted by molar-refractivity contribution is 7.99. The Labute approximate surface area is 247 Å². The molecule has 1 N–H and O–H groups in total. The number of amides is 2. The molecule has 1 fully saturated rings. The van der Waals surface area contributed by atoms with Crippen LogP contribution in [0.15, 0.2) is 33.9 Å². The number of hydrogen-bond donors (Lipinski definition) is 1. The molecule has 1 aliphatic carbocycles. The molecule has 3 rings (SSSR count). The van der Waals surface area contributed by atoms with Gasteiger partial charge >= 0.3 is 0 Å². The first-order chi connectivity index (χ1) is 19.6. The second-order valence-corrected chi connectivity index (χ2v) is 12.3. The summed E-state index contributed by atoms with van der Waals surface area (Å²) in [6, 6.07) is 6.42. The van der Waals surface area contributed by atoms with Crippen LogP contribution in [0, 0.1) is 5.92 Å². The van der Waals surface area contributed by atoms with Gasteiger partial charge in [-0.3, -0.25) is 14.4 Å². The molecule has 1 heterocycles. The molecule has 12 heteroatoms. The van der Waals surface area contributed by atoms with Crippen LogP contribution in [0.2, 0.25) is 0 Å². The number of hydroxylamine groups is 2.